The summed E-state index contributed by atoms with van der Waals surface area (Å²) in [5.41, 5.74) is 18.2. The summed E-state index contributed by atoms with van der Waals surface area (Å²) in [4.78, 5) is 57.4. The molecule has 0 aliphatic rings. The number of H-pyrrole nitrogens is 2. The van der Waals surface area contributed by atoms with Crippen molar-refractivity contribution < 1.29 is 24.3 Å². The third-order valence-corrected chi connectivity index (χ3v) is 6.75. The Morgan fingerprint density at radius 3 is 2.16 bits per heavy atom. The number of nitrogens with one attached hydrogen (secondary N) is 7. The predicted molar refractivity (Wildman–Crippen MR) is 163 cm³/mol. The minimum Gasteiger partial charge on any atom is -0.480 e. The molecule has 0 fully saturated rings. The minimum absolute atomic E-state index is 0.00617. The van der Waals surface area contributed by atoms with Crippen molar-refractivity contribution in [1.82, 2.24) is 31.2 Å². The summed E-state index contributed by atoms with van der Waals surface area (Å²) in [6.45, 7) is 0.723. The molecule has 0 radical (unpaired) electrons. The van der Waals surface area contributed by atoms with Gasteiger partial charge in [-0.05, 0) is 56.4 Å². The molecular weight excluding hydrogens is 576 g/mol. The lowest BCUT2D eigenvalue weighted by Gasteiger charge is -2.25. The predicted octanol–water partition coefficient (Wildman–Crippen LogP) is -0.884. The number of nitrogens with two attached hydrogens (primary N) is 3. The van der Waals surface area contributed by atoms with Gasteiger partial charge in [-0.15, -0.1) is 0 Å². The van der Waals surface area contributed by atoms with Gasteiger partial charge in [-0.2, -0.15) is 0 Å². The van der Waals surface area contributed by atoms with Crippen LogP contribution in [0.4, 0.5) is 0 Å². The summed E-state index contributed by atoms with van der Waals surface area (Å²) < 4.78 is 0.326. The Morgan fingerprint density at radius 2 is 1.56 bits per heavy atom. The molecule has 0 bridgehead atoms. The van der Waals surface area contributed by atoms with Gasteiger partial charge in [0.05, 0.1) is 6.04 Å². The minimum atomic E-state index is -1.23. The van der Waals surface area contributed by atoms with E-state index < -0.39 is 47.9 Å². The second-order valence-electron chi connectivity index (χ2n) is 10.1. The fourth-order valence-electron chi connectivity index (χ4n) is 4.22. The number of carboxylic acids is 1. The Balaban J connectivity index is 2.17. The van der Waals surface area contributed by atoms with Crippen LogP contribution in [0.1, 0.15) is 43.4 Å². The lowest BCUT2D eigenvalue weighted by molar-refractivity contribution is -0.142. The average molecular weight is 619 g/mol. The molecule has 0 spiro atoms. The van der Waals surface area contributed by atoms with E-state index in [0.717, 1.165) is 5.56 Å². The quantitative estimate of drug-likeness (QED) is 0.0400. The van der Waals surface area contributed by atoms with Gasteiger partial charge >= 0.3 is 5.97 Å². The van der Waals surface area contributed by atoms with E-state index in [9.17, 15) is 24.3 Å². The van der Waals surface area contributed by atoms with Crippen LogP contribution in [-0.2, 0) is 32.0 Å². The van der Waals surface area contributed by atoms with Crippen molar-refractivity contribution in [3.63, 3.8) is 0 Å². The molecule has 3 amide bonds. The second-order valence-corrected chi connectivity index (χ2v) is 10.5. The maximum atomic E-state index is 13.5. The monoisotopic (exact) mass is 618 g/mol. The Kier molecular flexibility index (Phi) is 14.9. The van der Waals surface area contributed by atoms with Crippen molar-refractivity contribution in [3.8, 4) is 0 Å². The summed E-state index contributed by atoms with van der Waals surface area (Å²) in [5.74, 6) is -3.34. The zero-order chi connectivity index (χ0) is 31.8. The van der Waals surface area contributed by atoms with Crippen LogP contribution in [-0.4, -0.2) is 82.0 Å². The zero-order valence-corrected chi connectivity index (χ0v) is 24.7. The Hall–Kier alpha value is -4.28. The molecule has 43 heavy (non-hydrogen) atoms. The molecule has 15 nitrogen and oxygen atoms in total. The number of imidazole rings is 1. The third kappa shape index (κ3) is 13.1. The van der Waals surface area contributed by atoms with Crippen molar-refractivity contribution >= 4 is 41.9 Å². The number of aliphatic carboxylic acids is 1. The van der Waals surface area contributed by atoms with Crippen LogP contribution >= 0.6 is 12.2 Å². The topological polar surface area (TPSA) is 270 Å². The molecule has 0 saturated carbocycles. The van der Waals surface area contributed by atoms with Gasteiger partial charge in [-0.3, -0.25) is 19.8 Å². The van der Waals surface area contributed by atoms with Gasteiger partial charge in [-0.1, -0.05) is 30.3 Å². The first kappa shape index (κ1) is 34.9. The lowest BCUT2D eigenvalue weighted by Crippen LogP contribution is -2.57. The SMILES string of the molecule is N=C(N)NCCC[C@@H](N)C(=O)N[C@@H](Cc1c[nH]c(=S)[nH]1)C(=O)N[C@@H](CCCCN)C(=O)N[C@@H](Cc1ccccc1)C(=O)O. The summed E-state index contributed by atoms with van der Waals surface area (Å²) in [7, 11) is 0. The van der Waals surface area contributed by atoms with Gasteiger partial charge in [0.2, 0.25) is 17.7 Å². The number of hydrogen-bond donors (Lipinski definition) is 11. The highest BCUT2D eigenvalue weighted by molar-refractivity contribution is 7.71. The molecule has 0 aliphatic heterocycles. The van der Waals surface area contributed by atoms with Crippen LogP contribution < -0.4 is 38.5 Å². The van der Waals surface area contributed by atoms with Crippen molar-refractivity contribution in [2.45, 2.75) is 69.1 Å². The highest BCUT2D eigenvalue weighted by Crippen LogP contribution is 2.08. The van der Waals surface area contributed by atoms with Crippen molar-refractivity contribution in [2.24, 2.45) is 17.2 Å². The molecule has 2 rings (SSSR count). The van der Waals surface area contributed by atoms with Gasteiger partial charge in [0.15, 0.2) is 10.7 Å². The van der Waals surface area contributed by atoms with E-state index in [4.69, 9.17) is 34.8 Å². The van der Waals surface area contributed by atoms with Crippen LogP contribution in [0.15, 0.2) is 36.5 Å². The summed E-state index contributed by atoms with van der Waals surface area (Å²) in [6, 6.07) is 4.45. The van der Waals surface area contributed by atoms with Crippen molar-refractivity contribution in [3.05, 3.63) is 52.6 Å². The van der Waals surface area contributed by atoms with E-state index in [-0.39, 0.29) is 31.6 Å². The molecular formula is C27H42N10O5S. The molecule has 0 aliphatic carbocycles. The fourth-order valence-corrected chi connectivity index (χ4v) is 4.41. The molecule has 16 heteroatoms. The number of carbonyl (C=O) groups is 4. The van der Waals surface area contributed by atoms with Crippen molar-refractivity contribution in [1.29, 1.82) is 5.41 Å². The number of guanidine groups is 1. The molecule has 0 unspecified atom stereocenters. The summed E-state index contributed by atoms with van der Waals surface area (Å²) in [6.07, 6.45) is 3.61. The average Bonchev–Trinajstić information content (AvgIpc) is 3.38. The number of carboxylic acid groups (broad SMARTS) is 1. The van der Waals surface area contributed by atoms with Crippen LogP contribution in [0.5, 0.6) is 0 Å². The maximum absolute atomic E-state index is 13.5. The van der Waals surface area contributed by atoms with Crippen LogP contribution in [0.25, 0.3) is 0 Å². The molecule has 0 saturated heterocycles. The van der Waals surface area contributed by atoms with Gasteiger partial charge in [-0.25, -0.2) is 4.79 Å². The molecule has 4 atom stereocenters. The van der Waals surface area contributed by atoms with Gasteiger partial charge in [0.25, 0.3) is 0 Å². The standard InChI is InChI=1S/C27H42N10O5S/c28-11-5-4-10-19(23(39)37-21(25(41)42)13-16-7-2-1-3-8-16)35-24(40)20(14-17-15-33-27(43)34-17)36-22(38)18(29)9-6-12-32-26(30)31/h1-3,7-8,15,18-21H,4-6,9-14,28-29H2,(H,35,40)(H,36,38)(H,37,39)(H,41,42)(H4,30,31,32)(H2,33,34,43)/t18-,19+,20+,21+/m1/s1. The smallest absolute Gasteiger partial charge is 0.326 e. The van der Waals surface area contributed by atoms with Gasteiger partial charge < -0.3 is 53.5 Å². The van der Waals surface area contributed by atoms with Gasteiger partial charge in [0, 0.05) is 31.3 Å². The first-order valence-electron chi connectivity index (χ1n) is 14.0. The lowest BCUT2D eigenvalue weighted by atomic mass is 10.0. The number of carbonyl (C=O) groups excluding carboxylic acids is 3. The van der Waals surface area contributed by atoms with E-state index in [1.807, 2.05) is 0 Å². The number of aromatic amines is 2. The first-order valence-corrected chi connectivity index (χ1v) is 14.4. The highest BCUT2D eigenvalue weighted by atomic mass is 32.1. The number of benzene rings is 1. The molecule has 14 N–H and O–H groups in total. The van der Waals surface area contributed by atoms with Crippen LogP contribution in [0.2, 0.25) is 0 Å². The normalized spacial score (nSPS) is 13.6. The Bertz CT molecular complexity index is 1270. The highest BCUT2D eigenvalue weighted by Gasteiger charge is 2.30. The number of unbranched alkanes of at least 4 members (excludes halogenated alkanes) is 1. The number of amides is 3. The molecule has 1 aromatic carbocycles. The summed E-state index contributed by atoms with van der Waals surface area (Å²) >= 11 is 5.07. The third-order valence-electron chi connectivity index (χ3n) is 6.53. The number of aromatic nitrogens is 2. The molecule has 2 aromatic rings. The van der Waals surface area contributed by atoms with Crippen LogP contribution in [0.3, 0.4) is 0 Å². The molecule has 1 heterocycles. The van der Waals surface area contributed by atoms with E-state index in [1.165, 1.54) is 0 Å². The van der Waals surface area contributed by atoms with E-state index in [1.54, 1.807) is 36.5 Å². The number of hydrogen-bond acceptors (Lipinski definition) is 8. The Labute approximate surface area is 254 Å². The number of rotatable bonds is 19. The fraction of sp³-hybridized carbons (Fsp3) is 0.481. The molecule has 236 valence electrons. The zero-order valence-electron chi connectivity index (χ0n) is 23.9. The summed E-state index contributed by atoms with van der Waals surface area (Å²) in [5, 5.41) is 27.5. The second kappa shape index (κ2) is 18.3. The van der Waals surface area contributed by atoms with E-state index in [2.05, 4.69) is 31.2 Å². The van der Waals surface area contributed by atoms with E-state index in [0.29, 0.717) is 42.8 Å². The Morgan fingerprint density at radius 1 is 0.907 bits per heavy atom. The first-order chi connectivity index (χ1) is 20.5. The largest absolute Gasteiger partial charge is 0.480 e. The van der Waals surface area contributed by atoms with E-state index >= 15 is 0 Å². The van der Waals surface area contributed by atoms with Crippen molar-refractivity contribution in [2.75, 3.05) is 13.1 Å². The molecule has 1 aromatic heterocycles. The van der Waals surface area contributed by atoms with Gasteiger partial charge in [0.1, 0.15) is 18.1 Å². The van der Waals surface area contributed by atoms with Crippen LogP contribution in [0, 0.1) is 10.2 Å². The maximum Gasteiger partial charge on any atom is 0.326 e.